The van der Waals surface area contributed by atoms with E-state index < -0.39 is 12.6 Å². The van der Waals surface area contributed by atoms with E-state index in [9.17, 15) is 9.59 Å². The number of ether oxygens (including phenoxy) is 3. The van der Waals surface area contributed by atoms with Gasteiger partial charge in [-0.2, -0.15) is 0 Å². The Balaban J connectivity index is 2.03. The number of benzene rings is 1. The minimum Gasteiger partial charge on any atom is -0.490 e. The molecule has 1 saturated heterocycles. The Morgan fingerprint density at radius 3 is 2.37 bits per heavy atom. The van der Waals surface area contributed by atoms with Gasteiger partial charge in [-0.15, -0.1) is 0 Å². The van der Waals surface area contributed by atoms with Crippen LogP contribution in [0.1, 0.15) is 50.9 Å². The van der Waals surface area contributed by atoms with Crippen LogP contribution in [0.2, 0.25) is 0 Å². The number of amides is 1. The number of aliphatic carboxylic acids is 1. The molecule has 0 saturated carbocycles. The van der Waals surface area contributed by atoms with Crippen LogP contribution in [0.4, 0.5) is 0 Å². The topological polar surface area (TPSA) is 85.3 Å². The molecule has 7 nitrogen and oxygen atoms in total. The van der Waals surface area contributed by atoms with Gasteiger partial charge in [0.25, 0.3) is 5.91 Å². The molecule has 150 valence electrons. The summed E-state index contributed by atoms with van der Waals surface area (Å²) >= 11 is 0. The van der Waals surface area contributed by atoms with Gasteiger partial charge in [0.05, 0.1) is 18.3 Å². The highest BCUT2D eigenvalue weighted by molar-refractivity contribution is 5.95. The second-order valence-corrected chi connectivity index (χ2v) is 7.50. The molecule has 1 fully saturated rings. The first-order valence-electron chi connectivity index (χ1n) is 9.28. The highest BCUT2D eigenvalue weighted by atomic mass is 16.5. The number of carbonyl (C=O) groups is 2. The lowest BCUT2D eigenvalue weighted by molar-refractivity contribution is -0.139. The number of carboxylic acid groups (broad SMARTS) is 1. The molecule has 1 aliphatic heterocycles. The number of nitrogens with zero attached hydrogens (tertiary/aromatic N) is 1. The van der Waals surface area contributed by atoms with Crippen LogP contribution in [0.25, 0.3) is 0 Å². The molecule has 0 aliphatic carbocycles. The van der Waals surface area contributed by atoms with E-state index >= 15 is 0 Å². The van der Waals surface area contributed by atoms with Gasteiger partial charge in [0.2, 0.25) is 0 Å². The average molecular weight is 379 g/mol. The molecule has 0 atom stereocenters. The van der Waals surface area contributed by atoms with Gasteiger partial charge in [-0.1, -0.05) is 0 Å². The van der Waals surface area contributed by atoms with Crippen LogP contribution in [0, 0.1) is 0 Å². The normalized spacial score (nSPS) is 15.5. The largest absolute Gasteiger partial charge is 0.490 e. The molecule has 0 aromatic heterocycles. The van der Waals surface area contributed by atoms with Crippen molar-refractivity contribution >= 4 is 11.9 Å². The summed E-state index contributed by atoms with van der Waals surface area (Å²) in [6.07, 6.45) is 1.78. The molecule has 7 heteroatoms. The molecule has 2 rings (SSSR count). The molecule has 0 bridgehead atoms. The Morgan fingerprint density at radius 2 is 1.81 bits per heavy atom. The molecule has 1 amide bonds. The Hall–Kier alpha value is -2.28. The number of rotatable bonds is 7. The van der Waals surface area contributed by atoms with Gasteiger partial charge in [0, 0.05) is 18.7 Å². The number of likely N-dealkylation sites (tertiary alicyclic amines) is 1. The van der Waals surface area contributed by atoms with Gasteiger partial charge in [0.1, 0.15) is 0 Å². The van der Waals surface area contributed by atoms with Crippen LogP contribution < -0.4 is 9.47 Å². The lowest BCUT2D eigenvalue weighted by Crippen LogP contribution is -2.42. The van der Waals surface area contributed by atoms with E-state index in [0.29, 0.717) is 36.8 Å². The fourth-order valence-electron chi connectivity index (χ4n) is 3.03. The van der Waals surface area contributed by atoms with Crippen LogP contribution in [0.15, 0.2) is 18.2 Å². The summed E-state index contributed by atoms with van der Waals surface area (Å²) in [7, 11) is 0. The summed E-state index contributed by atoms with van der Waals surface area (Å²) in [5.74, 6) is -0.462. The molecule has 0 spiro atoms. The third-order valence-electron chi connectivity index (χ3n) is 4.09. The first kappa shape index (κ1) is 21.0. The summed E-state index contributed by atoms with van der Waals surface area (Å²) in [6.45, 7) is 9.12. The smallest absolute Gasteiger partial charge is 0.341 e. The fraction of sp³-hybridized carbons (Fsp3) is 0.600. The SMILES string of the molecule is CCOc1cc(C(=O)N2CCC(OC(C)(C)C)CC2)ccc1OCC(=O)O. The van der Waals surface area contributed by atoms with Crippen LogP contribution in [-0.4, -0.2) is 59.9 Å². The second-order valence-electron chi connectivity index (χ2n) is 7.50. The van der Waals surface area contributed by atoms with Crippen LogP contribution in [0.5, 0.6) is 11.5 Å². The van der Waals surface area contributed by atoms with Crippen molar-refractivity contribution in [1.29, 1.82) is 0 Å². The second kappa shape index (κ2) is 9.08. The van der Waals surface area contributed by atoms with Gasteiger partial charge in [0.15, 0.2) is 18.1 Å². The van der Waals surface area contributed by atoms with Crippen molar-refractivity contribution in [3.8, 4) is 11.5 Å². The zero-order chi connectivity index (χ0) is 20.0. The highest BCUT2D eigenvalue weighted by Crippen LogP contribution is 2.30. The molecule has 1 heterocycles. The Labute approximate surface area is 160 Å². The molecule has 0 radical (unpaired) electrons. The summed E-state index contributed by atoms with van der Waals surface area (Å²) in [6, 6.07) is 4.83. The molecule has 1 N–H and O–H groups in total. The minimum absolute atomic E-state index is 0.0741. The van der Waals surface area contributed by atoms with Crippen molar-refractivity contribution in [3.63, 3.8) is 0 Å². The number of hydrogen-bond acceptors (Lipinski definition) is 5. The molecular weight excluding hydrogens is 350 g/mol. The first-order chi connectivity index (χ1) is 12.7. The molecule has 1 aromatic carbocycles. The fourth-order valence-corrected chi connectivity index (χ4v) is 3.03. The summed E-state index contributed by atoms with van der Waals surface area (Å²) in [5.41, 5.74) is 0.311. The average Bonchev–Trinajstić information content (AvgIpc) is 2.59. The number of carboxylic acids is 1. The van der Waals surface area contributed by atoms with Crippen molar-refractivity contribution in [3.05, 3.63) is 23.8 Å². The third-order valence-corrected chi connectivity index (χ3v) is 4.09. The van der Waals surface area contributed by atoms with Crippen molar-refractivity contribution in [2.45, 2.75) is 52.2 Å². The Kier molecular flexibility index (Phi) is 7.07. The predicted octanol–water partition coefficient (Wildman–Crippen LogP) is 2.97. The lowest BCUT2D eigenvalue weighted by atomic mass is 10.0. The monoisotopic (exact) mass is 379 g/mol. The van der Waals surface area contributed by atoms with Crippen molar-refractivity contribution in [2.24, 2.45) is 0 Å². The molecule has 1 aromatic rings. The van der Waals surface area contributed by atoms with Crippen LogP contribution in [0.3, 0.4) is 0 Å². The maximum Gasteiger partial charge on any atom is 0.341 e. The minimum atomic E-state index is -1.07. The highest BCUT2D eigenvalue weighted by Gasteiger charge is 2.27. The summed E-state index contributed by atoms with van der Waals surface area (Å²) in [5, 5.41) is 8.76. The molecular formula is C20H29NO6. The van der Waals surface area contributed by atoms with E-state index in [0.717, 1.165) is 12.8 Å². The van der Waals surface area contributed by atoms with E-state index in [2.05, 4.69) is 0 Å². The van der Waals surface area contributed by atoms with Crippen LogP contribution in [-0.2, 0) is 9.53 Å². The number of carbonyl (C=O) groups excluding carboxylic acids is 1. The maximum atomic E-state index is 12.8. The molecule has 27 heavy (non-hydrogen) atoms. The molecule has 0 unspecified atom stereocenters. The van der Waals surface area contributed by atoms with Crippen LogP contribution >= 0.6 is 0 Å². The Bertz CT molecular complexity index is 659. The van der Waals surface area contributed by atoms with E-state index in [4.69, 9.17) is 19.3 Å². The Morgan fingerprint density at radius 1 is 1.15 bits per heavy atom. The van der Waals surface area contributed by atoms with Crippen molar-refractivity contribution in [2.75, 3.05) is 26.3 Å². The van der Waals surface area contributed by atoms with E-state index in [1.165, 1.54) is 0 Å². The number of piperidine rings is 1. The van der Waals surface area contributed by atoms with Gasteiger partial charge in [-0.25, -0.2) is 4.79 Å². The van der Waals surface area contributed by atoms with E-state index in [1.54, 1.807) is 18.2 Å². The summed E-state index contributed by atoms with van der Waals surface area (Å²) in [4.78, 5) is 25.3. The van der Waals surface area contributed by atoms with Gasteiger partial charge in [-0.3, -0.25) is 4.79 Å². The van der Waals surface area contributed by atoms with E-state index in [-0.39, 0.29) is 17.6 Å². The van der Waals surface area contributed by atoms with Gasteiger partial charge >= 0.3 is 5.97 Å². The molecule has 1 aliphatic rings. The van der Waals surface area contributed by atoms with Crippen molar-refractivity contribution < 1.29 is 28.9 Å². The first-order valence-corrected chi connectivity index (χ1v) is 9.28. The van der Waals surface area contributed by atoms with Gasteiger partial charge < -0.3 is 24.2 Å². The zero-order valence-electron chi connectivity index (χ0n) is 16.5. The zero-order valence-corrected chi connectivity index (χ0v) is 16.5. The van der Waals surface area contributed by atoms with E-state index in [1.807, 2.05) is 32.6 Å². The maximum absolute atomic E-state index is 12.8. The summed E-state index contributed by atoms with van der Waals surface area (Å²) < 4.78 is 16.7. The van der Waals surface area contributed by atoms with Gasteiger partial charge in [-0.05, 0) is 58.7 Å². The quantitative estimate of drug-likeness (QED) is 0.784. The predicted molar refractivity (Wildman–Crippen MR) is 101 cm³/mol. The van der Waals surface area contributed by atoms with Crippen molar-refractivity contribution in [1.82, 2.24) is 4.90 Å². The third kappa shape index (κ3) is 6.43. The lowest BCUT2D eigenvalue weighted by Gasteiger charge is -2.35. The number of hydrogen-bond donors (Lipinski definition) is 1. The standard InChI is InChI=1S/C20H29NO6/c1-5-25-17-12-14(6-7-16(17)26-13-18(22)23)19(24)21-10-8-15(9-11-21)27-20(2,3)4/h6-7,12,15H,5,8-11,13H2,1-4H3,(H,22,23).